The molecule has 4 saturated carbocycles. The van der Waals surface area contributed by atoms with E-state index in [-0.39, 0.29) is 11.5 Å². The third-order valence-electron chi connectivity index (χ3n) is 8.83. The van der Waals surface area contributed by atoms with Crippen molar-refractivity contribution in [2.24, 2.45) is 34.5 Å². The van der Waals surface area contributed by atoms with E-state index in [0.29, 0.717) is 23.0 Å². The topological polar surface area (TPSA) is 37.3 Å². The highest BCUT2D eigenvalue weighted by Crippen LogP contribution is 2.74. The lowest BCUT2D eigenvalue weighted by Gasteiger charge is -2.61. The molecule has 2 bridgehead atoms. The van der Waals surface area contributed by atoms with E-state index in [2.05, 4.69) is 6.92 Å². The van der Waals surface area contributed by atoms with Crippen LogP contribution in [0.3, 0.4) is 0 Å². The number of aliphatic hydroxyl groups excluding tert-OH is 1. The molecule has 0 aromatic carbocycles. The van der Waals surface area contributed by atoms with Gasteiger partial charge in [-0.05, 0) is 91.9 Å². The summed E-state index contributed by atoms with van der Waals surface area (Å²) in [5, 5.41) is 10.9. The van der Waals surface area contributed by atoms with Crippen molar-refractivity contribution in [1.29, 1.82) is 0 Å². The number of rotatable bonds is 0. The van der Waals surface area contributed by atoms with Gasteiger partial charge in [-0.25, -0.2) is 0 Å². The van der Waals surface area contributed by atoms with Crippen molar-refractivity contribution >= 4 is 5.78 Å². The molecule has 5 rings (SSSR count). The van der Waals surface area contributed by atoms with Crippen LogP contribution in [0.2, 0.25) is 0 Å². The fourth-order valence-corrected chi connectivity index (χ4v) is 7.86. The highest BCUT2D eigenvalue weighted by Gasteiger charge is 2.70. The van der Waals surface area contributed by atoms with Crippen LogP contribution in [0, 0.1) is 34.5 Å². The molecule has 5 aliphatic carbocycles. The number of allylic oxidation sites excluding steroid dienone is 1. The summed E-state index contributed by atoms with van der Waals surface area (Å²) in [6.45, 7) is 2.41. The van der Waals surface area contributed by atoms with Gasteiger partial charge in [-0.2, -0.15) is 0 Å². The minimum atomic E-state index is -0.0490. The lowest BCUT2D eigenvalue weighted by atomic mass is 9.44. The summed E-state index contributed by atoms with van der Waals surface area (Å²) in [6.07, 6.45) is 12.6. The molecule has 4 fully saturated rings. The standard InChI is InChI=1S/C20H28O2/c1-19-8-7-16-15-4-3-14(21)10-12(15)2-5-17(16)20(19)9-6-13(11-20)18(19)22/h10,13,15-18,22H,2-9,11H2,1H3/t13-,15?,16+,17+,18-,19+,20+/m0/s1. The summed E-state index contributed by atoms with van der Waals surface area (Å²) in [4.78, 5) is 11.8. The van der Waals surface area contributed by atoms with Gasteiger partial charge in [-0.15, -0.1) is 0 Å². The smallest absolute Gasteiger partial charge is 0.155 e. The number of aliphatic hydroxyl groups is 1. The Balaban J connectivity index is 1.54. The van der Waals surface area contributed by atoms with Gasteiger partial charge < -0.3 is 5.11 Å². The zero-order chi connectivity index (χ0) is 15.1. The predicted molar refractivity (Wildman–Crippen MR) is 85.1 cm³/mol. The lowest BCUT2D eigenvalue weighted by Crippen LogP contribution is -2.56. The molecule has 0 aliphatic heterocycles. The largest absolute Gasteiger partial charge is 0.392 e. The number of hydrogen-bond acceptors (Lipinski definition) is 2. The van der Waals surface area contributed by atoms with E-state index in [1.165, 1.54) is 44.1 Å². The molecule has 0 amide bonds. The van der Waals surface area contributed by atoms with Crippen LogP contribution in [0.25, 0.3) is 0 Å². The molecule has 0 saturated heterocycles. The van der Waals surface area contributed by atoms with Crippen LogP contribution in [0.4, 0.5) is 0 Å². The van der Waals surface area contributed by atoms with Crippen molar-refractivity contribution in [1.82, 2.24) is 0 Å². The van der Waals surface area contributed by atoms with Crippen LogP contribution >= 0.6 is 0 Å². The highest BCUT2D eigenvalue weighted by molar-refractivity contribution is 5.91. The number of hydrogen-bond donors (Lipinski definition) is 1. The molecule has 5 aliphatic rings. The van der Waals surface area contributed by atoms with Crippen molar-refractivity contribution in [3.63, 3.8) is 0 Å². The molecule has 0 heterocycles. The lowest BCUT2D eigenvalue weighted by molar-refractivity contribution is -0.140. The first-order chi connectivity index (χ1) is 10.6. The Bertz CT molecular complexity index is 564. The Morgan fingerprint density at radius 1 is 1.14 bits per heavy atom. The van der Waals surface area contributed by atoms with Gasteiger partial charge in [0.1, 0.15) is 0 Å². The maximum atomic E-state index is 11.8. The third kappa shape index (κ3) is 1.44. The Morgan fingerprint density at radius 2 is 2.00 bits per heavy atom. The summed E-state index contributed by atoms with van der Waals surface area (Å²) in [5.41, 5.74) is 2.08. The monoisotopic (exact) mass is 300 g/mol. The second kappa shape index (κ2) is 4.26. The zero-order valence-electron chi connectivity index (χ0n) is 13.7. The Hall–Kier alpha value is -0.630. The van der Waals surface area contributed by atoms with Gasteiger partial charge in [-0.1, -0.05) is 12.5 Å². The number of ketones is 1. The summed E-state index contributed by atoms with van der Waals surface area (Å²) in [7, 11) is 0. The van der Waals surface area contributed by atoms with Crippen LogP contribution in [-0.4, -0.2) is 17.0 Å². The van der Waals surface area contributed by atoms with Crippen molar-refractivity contribution in [2.45, 2.75) is 70.8 Å². The van der Waals surface area contributed by atoms with Crippen molar-refractivity contribution < 1.29 is 9.90 Å². The van der Waals surface area contributed by atoms with E-state index < -0.39 is 0 Å². The molecule has 2 nitrogen and oxygen atoms in total. The maximum absolute atomic E-state index is 11.8. The second-order valence-corrected chi connectivity index (χ2v) is 9.20. The summed E-state index contributed by atoms with van der Waals surface area (Å²) >= 11 is 0. The molecular formula is C20H28O2. The minimum absolute atomic E-state index is 0.0490. The molecule has 7 atom stereocenters. The van der Waals surface area contributed by atoms with Gasteiger partial charge in [-0.3, -0.25) is 4.79 Å². The molecule has 120 valence electrons. The summed E-state index contributed by atoms with van der Waals surface area (Å²) in [5.74, 6) is 3.23. The Labute approximate surface area is 133 Å². The average molecular weight is 300 g/mol. The molecule has 0 aromatic rings. The van der Waals surface area contributed by atoms with Gasteiger partial charge in [0.2, 0.25) is 0 Å². The molecule has 22 heavy (non-hydrogen) atoms. The number of fused-ring (bicyclic) bond motifs is 4. The summed E-state index contributed by atoms with van der Waals surface area (Å²) in [6, 6.07) is 0. The first-order valence-electron chi connectivity index (χ1n) is 9.46. The molecule has 1 unspecified atom stereocenters. The fourth-order valence-electron chi connectivity index (χ4n) is 7.86. The van der Waals surface area contributed by atoms with E-state index >= 15 is 0 Å². The van der Waals surface area contributed by atoms with Crippen LogP contribution in [0.5, 0.6) is 0 Å². The molecule has 1 spiro atoms. The van der Waals surface area contributed by atoms with Gasteiger partial charge in [0.25, 0.3) is 0 Å². The van der Waals surface area contributed by atoms with Gasteiger partial charge in [0, 0.05) is 6.42 Å². The normalized spacial score (nSPS) is 56.2. The van der Waals surface area contributed by atoms with Crippen LogP contribution < -0.4 is 0 Å². The van der Waals surface area contributed by atoms with Crippen LogP contribution in [0.1, 0.15) is 64.7 Å². The van der Waals surface area contributed by atoms with E-state index in [1.807, 2.05) is 6.08 Å². The SMILES string of the molecule is C[C@]12CC[C@@H]3C4CCC(=O)C=C4CC[C@H]3[C@]13CC[C@@H](C3)[C@@H]2O. The number of carbonyl (C=O) groups is 1. The van der Waals surface area contributed by atoms with Gasteiger partial charge in [0.05, 0.1) is 6.10 Å². The zero-order valence-corrected chi connectivity index (χ0v) is 13.7. The maximum Gasteiger partial charge on any atom is 0.155 e. The van der Waals surface area contributed by atoms with E-state index in [0.717, 1.165) is 31.1 Å². The fraction of sp³-hybridized carbons (Fsp3) is 0.850. The molecular weight excluding hydrogens is 272 g/mol. The molecule has 0 radical (unpaired) electrons. The van der Waals surface area contributed by atoms with Crippen LogP contribution in [0.15, 0.2) is 11.6 Å². The third-order valence-corrected chi connectivity index (χ3v) is 8.83. The highest BCUT2D eigenvalue weighted by atomic mass is 16.3. The minimum Gasteiger partial charge on any atom is -0.392 e. The van der Waals surface area contributed by atoms with E-state index in [1.54, 1.807) is 0 Å². The van der Waals surface area contributed by atoms with Gasteiger partial charge in [0.15, 0.2) is 5.78 Å². The first kappa shape index (κ1) is 13.8. The summed E-state index contributed by atoms with van der Waals surface area (Å²) < 4.78 is 0. The quantitative estimate of drug-likeness (QED) is 0.737. The Morgan fingerprint density at radius 3 is 2.86 bits per heavy atom. The van der Waals surface area contributed by atoms with Crippen LogP contribution in [-0.2, 0) is 4.79 Å². The number of carbonyl (C=O) groups excluding carboxylic acids is 1. The Kier molecular flexibility index (Phi) is 2.67. The van der Waals surface area contributed by atoms with E-state index in [4.69, 9.17) is 0 Å². The molecule has 1 N–H and O–H groups in total. The van der Waals surface area contributed by atoms with E-state index in [9.17, 15) is 9.90 Å². The van der Waals surface area contributed by atoms with Crippen molar-refractivity contribution in [2.75, 3.05) is 0 Å². The average Bonchev–Trinajstić information content (AvgIpc) is 3.04. The first-order valence-corrected chi connectivity index (χ1v) is 9.46. The predicted octanol–water partition coefficient (Wildman–Crippen LogP) is 3.88. The molecule has 0 aromatic heterocycles. The van der Waals surface area contributed by atoms with Gasteiger partial charge >= 0.3 is 0 Å². The van der Waals surface area contributed by atoms with Crippen molar-refractivity contribution in [3.05, 3.63) is 11.6 Å². The molecule has 2 heteroatoms. The second-order valence-electron chi connectivity index (χ2n) is 9.20. The van der Waals surface area contributed by atoms with Crippen molar-refractivity contribution in [3.8, 4) is 0 Å².